The highest BCUT2D eigenvalue weighted by molar-refractivity contribution is 5.94. The maximum atomic E-state index is 6.59. The summed E-state index contributed by atoms with van der Waals surface area (Å²) in [5.74, 6) is 3.60. The smallest absolute Gasteiger partial charge is 0.132 e. The second kappa shape index (κ2) is 16.8. The molecule has 2 aliphatic carbocycles. The van der Waals surface area contributed by atoms with Crippen LogP contribution in [0.2, 0.25) is 0 Å². The third kappa shape index (κ3) is 6.20. The van der Waals surface area contributed by atoms with Gasteiger partial charge in [0.15, 0.2) is 0 Å². The van der Waals surface area contributed by atoms with E-state index in [0.29, 0.717) is 0 Å². The highest BCUT2D eigenvalue weighted by Crippen LogP contribution is 2.64. The summed E-state index contributed by atoms with van der Waals surface area (Å²) in [6, 6.07) is 104. The summed E-state index contributed by atoms with van der Waals surface area (Å²) < 4.78 is 13.2. The van der Waals surface area contributed by atoms with Gasteiger partial charge < -0.3 is 14.4 Å². The van der Waals surface area contributed by atoms with Gasteiger partial charge >= 0.3 is 0 Å². The summed E-state index contributed by atoms with van der Waals surface area (Å²) in [5.41, 5.74) is 24.0. The van der Waals surface area contributed by atoms with Gasteiger partial charge in [-0.1, -0.05) is 218 Å². The average molecular weight is 982 g/mol. The van der Waals surface area contributed by atoms with Crippen LogP contribution in [-0.2, 0) is 10.8 Å². The van der Waals surface area contributed by atoms with Gasteiger partial charge in [0.05, 0.1) is 16.5 Å². The Bertz CT molecular complexity index is 4010. The van der Waals surface area contributed by atoms with Crippen molar-refractivity contribution in [3.8, 4) is 78.6 Å². The Morgan fingerprint density at radius 1 is 0.221 bits per heavy atom. The lowest BCUT2D eigenvalue weighted by molar-refractivity contribution is 0.436. The summed E-state index contributed by atoms with van der Waals surface area (Å²) in [4.78, 5) is 2.40. The molecule has 12 aromatic rings. The molecular weight excluding hydrogens is 935 g/mol. The van der Waals surface area contributed by atoms with Crippen molar-refractivity contribution in [2.24, 2.45) is 0 Å². The second-order valence-electron chi connectivity index (χ2n) is 20.6. The molecule has 16 rings (SSSR count). The van der Waals surface area contributed by atoms with Crippen LogP contribution < -0.4 is 14.4 Å². The SMILES string of the molecule is c1ccc(-c2ccccc2N(c2ccc(-c3ccc4c(c3)-c3ccccc3C43c4ccccc4Oc4ccccc43)cc2)c2ccc(-c3ccc4c(c3)-c3ccccc3C43c4ccccc4Oc4ccccc43)cc2)cc1. The number of ether oxygens (including phenoxy) is 2. The average Bonchev–Trinajstić information content (AvgIpc) is 4.14. The molecule has 360 valence electrons. The number of hydrogen-bond acceptors (Lipinski definition) is 3. The molecule has 0 saturated heterocycles. The van der Waals surface area contributed by atoms with Gasteiger partial charge in [0.25, 0.3) is 0 Å². The fourth-order valence-corrected chi connectivity index (χ4v) is 13.6. The van der Waals surface area contributed by atoms with E-state index in [1.54, 1.807) is 0 Å². The summed E-state index contributed by atoms with van der Waals surface area (Å²) in [5, 5.41) is 0. The van der Waals surface area contributed by atoms with Crippen LogP contribution in [0, 0.1) is 0 Å². The first-order valence-corrected chi connectivity index (χ1v) is 26.6. The Kier molecular flexibility index (Phi) is 9.47. The largest absolute Gasteiger partial charge is 0.457 e. The topological polar surface area (TPSA) is 21.7 Å². The molecule has 2 heterocycles. The Labute approximate surface area is 448 Å². The minimum atomic E-state index is -0.499. The van der Waals surface area contributed by atoms with Gasteiger partial charge in [-0.3, -0.25) is 0 Å². The maximum absolute atomic E-state index is 6.59. The number of anilines is 3. The van der Waals surface area contributed by atoms with Gasteiger partial charge in [-0.05, 0) is 139 Å². The Hall–Kier alpha value is -9.96. The number of rotatable bonds is 6. The highest BCUT2D eigenvalue weighted by atomic mass is 16.5. The molecule has 4 aliphatic rings. The minimum Gasteiger partial charge on any atom is -0.457 e. The van der Waals surface area contributed by atoms with Crippen LogP contribution in [0.3, 0.4) is 0 Å². The van der Waals surface area contributed by atoms with Crippen LogP contribution in [0.15, 0.2) is 285 Å². The first-order chi connectivity index (χ1) is 38.2. The number of fused-ring (bicyclic) bond motifs is 18. The molecule has 2 spiro atoms. The molecule has 0 saturated carbocycles. The van der Waals surface area contributed by atoms with Crippen LogP contribution in [0.1, 0.15) is 44.5 Å². The molecule has 0 fully saturated rings. The number of nitrogens with zero attached hydrogens (tertiary/aromatic N) is 1. The van der Waals surface area contributed by atoms with E-state index in [9.17, 15) is 0 Å². The lowest BCUT2D eigenvalue weighted by Gasteiger charge is -2.39. The van der Waals surface area contributed by atoms with E-state index in [4.69, 9.17) is 9.47 Å². The van der Waals surface area contributed by atoms with Crippen molar-refractivity contribution in [1.82, 2.24) is 0 Å². The molecule has 3 heteroatoms. The van der Waals surface area contributed by atoms with Gasteiger partial charge in [-0.2, -0.15) is 0 Å². The van der Waals surface area contributed by atoms with E-state index in [-0.39, 0.29) is 0 Å². The fourth-order valence-electron chi connectivity index (χ4n) is 13.6. The first kappa shape index (κ1) is 43.4. The van der Waals surface area contributed by atoms with E-state index >= 15 is 0 Å². The highest BCUT2D eigenvalue weighted by Gasteiger charge is 2.52. The van der Waals surface area contributed by atoms with Gasteiger partial charge in [0.2, 0.25) is 0 Å². The molecule has 2 aliphatic heterocycles. The summed E-state index contributed by atoms with van der Waals surface area (Å²) in [7, 11) is 0. The molecule has 12 aromatic carbocycles. The Balaban J connectivity index is 0.794. The summed E-state index contributed by atoms with van der Waals surface area (Å²) >= 11 is 0. The number of para-hydroxylation sites is 5. The molecule has 0 unspecified atom stereocenters. The zero-order valence-electron chi connectivity index (χ0n) is 41.9. The Morgan fingerprint density at radius 3 is 0.974 bits per heavy atom. The first-order valence-electron chi connectivity index (χ1n) is 26.6. The molecule has 0 bridgehead atoms. The monoisotopic (exact) mass is 981 g/mol. The maximum Gasteiger partial charge on any atom is 0.132 e. The predicted molar refractivity (Wildman–Crippen MR) is 312 cm³/mol. The summed E-state index contributed by atoms with van der Waals surface area (Å²) in [6.45, 7) is 0. The molecular formula is C74H47NO2. The molecule has 0 atom stereocenters. The van der Waals surface area contributed by atoms with E-state index in [0.717, 1.165) is 56.8 Å². The van der Waals surface area contributed by atoms with Crippen LogP contribution >= 0.6 is 0 Å². The molecule has 0 N–H and O–H groups in total. The molecule has 0 amide bonds. The van der Waals surface area contributed by atoms with Crippen LogP contribution in [0.25, 0.3) is 55.6 Å². The fraction of sp³-hybridized carbons (Fsp3) is 0.0270. The molecule has 0 radical (unpaired) electrons. The van der Waals surface area contributed by atoms with E-state index in [1.165, 1.54) is 83.5 Å². The lowest BCUT2D eigenvalue weighted by atomic mass is 9.66. The zero-order valence-corrected chi connectivity index (χ0v) is 41.9. The zero-order chi connectivity index (χ0) is 50.7. The predicted octanol–water partition coefficient (Wildman–Crippen LogP) is 19.1. The van der Waals surface area contributed by atoms with Crippen molar-refractivity contribution in [2.75, 3.05) is 4.90 Å². The van der Waals surface area contributed by atoms with Crippen LogP contribution in [-0.4, -0.2) is 0 Å². The van der Waals surface area contributed by atoms with E-state index in [1.807, 2.05) is 0 Å². The Morgan fingerprint density at radius 2 is 0.545 bits per heavy atom. The van der Waals surface area contributed by atoms with E-state index in [2.05, 4.69) is 290 Å². The van der Waals surface area contributed by atoms with E-state index < -0.39 is 10.8 Å². The van der Waals surface area contributed by atoms with Crippen molar-refractivity contribution < 1.29 is 9.47 Å². The standard InChI is InChI=1S/C74H47NO2/c1-2-18-50(19-3-1)55-20-6-13-29-68(55)75(53-40-34-48(35-41-53)51-38-44-62-58(46-51)56-21-4-7-23-60(56)73(62)64-25-9-14-30-69(64)76-70-31-15-10-26-65(70)73)54-42-36-49(37-43-54)52-39-45-63-59(47-52)57-22-5-8-24-61(57)74(63)66-27-11-16-32-71(66)77-72-33-17-12-28-67(72)74/h1-47H. The lowest BCUT2D eigenvalue weighted by Crippen LogP contribution is -2.32. The minimum absolute atomic E-state index is 0.499. The molecule has 3 nitrogen and oxygen atoms in total. The normalized spacial score (nSPS) is 13.9. The molecule has 77 heavy (non-hydrogen) atoms. The van der Waals surface area contributed by atoms with Crippen molar-refractivity contribution >= 4 is 17.1 Å². The van der Waals surface area contributed by atoms with Gasteiger partial charge in [0.1, 0.15) is 23.0 Å². The van der Waals surface area contributed by atoms with Crippen LogP contribution in [0.4, 0.5) is 17.1 Å². The summed E-state index contributed by atoms with van der Waals surface area (Å²) in [6.07, 6.45) is 0. The van der Waals surface area contributed by atoms with Gasteiger partial charge in [0, 0.05) is 39.2 Å². The van der Waals surface area contributed by atoms with Crippen LogP contribution in [0.5, 0.6) is 23.0 Å². The second-order valence-corrected chi connectivity index (χ2v) is 20.6. The van der Waals surface area contributed by atoms with Crippen molar-refractivity contribution in [3.05, 3.63) is 330 Å². The quantitative estimate of drug-likeness (QED) is 0.166. The third-order valence-electron chi connectivity index (χ3n) is 16.8. The third-order valence-corrected chi connectivity index (χ3v) is 16.8. The van der Waals surface area contributed by atoms with Crippen molar-refractivity contribution in [1.29, 1.82) is 0 Å². The van der Waals surface area contributed by atoms with Crippen molar-refractivity contribution in [2.45, 2.75) is 10.8 Å². The van der Waals surface area contributed by atoms with Gasteiger partial charge in [-0.15, -0.1) is 0 Å². The van der Waals surface area contributed by atoms with Gasteiger partial charge in [-0.25, -0.2) is 0 Å². The van der Waals surface area contributed by atoms with Crippen molar-refractivity contribution in [3.63, 3.8) is 0 Å². The number of hydrogen-bond donors (Lipinski definition) is 0. The molecule has 0 aromatic heterocycles. The number of benzene rings is 12.